The Morgan fingerprint density at radius 3 is 2.62 bits per heavy atom. The van der Waals surface area contributed by atoms with Gasteiger partial charge in [0.25, 0.3) is 0 Å². The maximum atomic E-state index is 12.1. The van der Waals surface area contributed by atoms with E-state index in [4.69, 9.17) is 30.6 Å². The van der Waals surface area contributed by atoms with Crippen molar-refractivity contribution < 1.29 is 14.3 Å². The normalized spacial score (nSPS) is 17.9. The maximum Gasteiger partial charge on any atom is 0.318 e. The number of nitrogens with one attached hydrogen (secondary N) is 1. The van der Waals surface area contributed by atoms with Crippen LogP contribution in [-0.2, 0) is 22.5 Å². The zero-order chi connectivity index (χ0) is 28.1. The zero-order valence-electron chi connectivity index (χ0n) is 23.4. The molecule has 0 atom stereocenters. The van der Waals surface area contributed by atoms with Crippen LogP contribution in [0.5, 0.6) is 6.01 Å². The standard InChI is InChI=1S/C29H40N8O3/c1-3-26(38)35-10-12-36(13-11-35)28-22-7-9-37(27-21(2)5-6-24(31)23(27)19-30)20-25(22)32-29(33-28)40-16-4-8-34-14-17-39-18-15-34/h3,5-6,19,30H,1,4,7-18,20,31H2,2H3. The van der Waals surface area contributed by atoms with E-state index in [1.54, 1.807) is 0 Å². The second kappa shape index (κ2) is 12.6. The smallest absolute Gasteiger partial charge is 0.318 e. The van der Waals surface area contributed by atoms with E-state index in [0.717, 1.165) is 86.1 Å². The third-order valence-corrected chi connectivity index (χ3v) is 7.95. The van der Waals surface area contributed by atoms with E-state index in [1.807, 2.05) is 17.0 Å². The van der Waals surface area contributed by atoms with Gasteiger partial charge in [0.2, 0.25) is 5.91 Å². The number of nitrogens with two attached hydrogens (primary N) is 1. The molecule has 0 aliphatic carbocycles. The number of benzene rings is 1. The fraction of sp³-hybridized carbons (Fsp3) is 0.517. The van der Waals surface area contributed by atoms with Crippen LogP contribution in [0.1, 0.15) is 28.8 Å². The first-order valence-corrected chi connectivity index (χ1v) is 14.1. The Bertz CT molecular complexity index is 1240. The molecule has 1 aromatic heterocycles. The van der Waals surface area contributed by atoms with Crippen molar-refractivity contribution in [3.8, 4) is 6.01 Å². The van der Waals surface area contributed by atoms with Crippen molar-refractivity contribution in [3.63, 3.8) is 0 Å². The fourth-order valence-corrected chi connectivity index (χ4v) is 5.75. The van der Waals surface area contributed by atoms with Crippen LogP contribution in [-0.4, -0.2) is 104 Å². The fourth-order valence-electron chi connectivity index (χ4n) is 5.75. The quantitative estimate of drug-likeness (QED) is 0.209. The summed E-state index contributed by atoms with van der Waals surface area (Å²) in [6.45, 7) is 14.6. The van der Waals surface area contributed by atoms with Gasteiger partial charge in [-0.15, -0.1) is 0 Å². The highest BCUT2D eigenvalue weighted by atomic mass is 16.5. The van der Waals surface area contributed by atoms with Gasteiger partial charge in [0.05, 0.1) is 37.7 Å². The van der Waals surface area contributed by atoms with Crippen molar-refractivity contribution in [3.05, 3.63) is 47.2 Å². The number of fused-ring (bicyclic) bond motifs is 1. The van der Waals surface area contributed by atoms with E-state index in [9.17, 15) is 4.79 Å². The molecule has 3 N–H and O–H groups in total. The number of anilines is 3. The number of nitrogens with zero attached hydrogens (tertiary/aromatic N) is 6. The van der Waals surface area contributed by atoms with Crippen LogP contribution in [0.2, 0.25) is 0 Å². The minimum Gasteiger partial charge on any atom is -0.463 e. The summed E-state index contributed by atoms with van der Waals surface area (Å²) >= 11 is 0. The average molecular weight is 549 g/mol. The molecule has 2 fully saturated rings. The molecule has 11 nitrogen and oxygen atoms in total. The van der Waals surface area contributed by atoms with Crippen molar-refractivity contribution in [2.75, 3.05) is 87.7 Å². The molecule has 1 aromatic carbocycles. The van der Waals surface area contributed by atoms with Gasteiger partial charge in [0.1, 0.15) is 5.82 Å². The highest BCUT2D eigenvalue weighted by Crippen LogP contribution is 2.35. The van der Waals surface area contributed by atoms with Crippen molar-refractivity contribution in [2.24, 2.45) is 0 Å². The van der Waals surface area contributed by atoms with Gasteiger partial charge >= 0.3 is 6.01 Å². The molecule has 0 saturated carbocycles. The number of rotatable bonds is 9. The number of nitrogen functional groups attached to an aromatic ring is 1. The van der Waals surface area contributed by atoms with Crippen LogP contribution in [0.25, 0.3) is 0 Å². The van der Waals surface area contributed by atoms with Crippen LogP contribution in [0, 0.1) is 12.3 Å². The summed E-state index contributed by atoms with van der Waals surface area (Å²) in [5, 5.41) is 7.99. The number of carbonyl (C=O) groups excluding carboxylic acids is 1. The van der Waals surface area contributed by atoms with Crippen molar-refractivity contribution in [1.82, 2.24) is 19.8 Å². The predicted molar refractivity (Wildman–Crippen MR) is 157 cm³/mol. The van der Waals surface area contributed by atoms with Gasteiger partial charge in [-0.3, -0.25) is 9.69 Å². The highest BCUT2D eigenvalue weighted by molar-refractivity contribution is 5.94. The molecule has 5 rings (SSSR count). The number of hydrogen-bond acceptors (Lipinski definition) is 10. The van der Waals surface area contributed by atoms with Crippen LogP contribution in [0.4, 0.5) is 17.2 Å². The molecule has 1 amide bonds. The first-order valence-electron chi connectivity index (χ1n) is 14.1. The molecule has 0 radical (unpaired) electrons. The predicted octanol–water partition coefficient (Wildman–Crippen LogP) is 1.86. The Labute approximate surface area is 236 Å². The van der Waals surface area contributed by atoms with Gasteiger partial charge in [0.15, 0.2) is 0 Å². The first-order chi connectivity index (χ1) is 19.5. The van der Waals surface area contributed by atoms with Crippen LogP contribution in [0.3, 0.4) is 0 Å². The first kappa shape index (κ1) is 27.9. The monoisotopic (exact) mass is 548 g/mol. The number of carbonyl (C=O) groups is 1. The number of morpholine rings is 1. The number of hydrogen-bond donors (Lipinski definition) is 2. The summed E-state index contributed by atoms with van der Waals surface area (Å²) in [6.07, 6.45) is 4.36. The molecule has 11 heteroatoms. The molecule has 4 heterocycles. The molecule has 3 aliphatic heterocycles. The average Bonchev–Trinajstić information content (AvgIpc) is 2.99. The Hall–Kier alpha value is -3.70. The van der Waals surface area contributed by atoms with E-state index in [-0.39, 0.29) is 5.91 Å². The molecule has 3 aliphatic rings. The number of amides is 1. The minimum absolute atomic E-state index is 0.0381. The summed E-state index contributed by atoms with van der Waals surface area (Å²) in [5.41, 5.74) is 11.7. The largest absolute Gasteiger partial charge is 0.463 e. The lowest BCUT2D eigenvalue weighted by atomic mass is 10.00. The summed E-state index contributed by atoms with van der Waals surface area (Å²) in [7, 11) is 0. The van der Waals surface area contributed by atoms with Gasteiger partial charge in [-0.2, -0.15) is 9.97 Å². The van der Waals surface area contributed by atoms with E-state index >= 15 is 0 Å². The third-order valence-electron chi connectivity index (χ3n) is 7.95. The molecule has 40 heavy (non-hydrogen) atoms. The van der Waals surface area contributed by atoms with E-state index in [0.29, 0.717) is 51.0 Å². The Balaban J connectivity index is 1.37. The molecular weight excluding hydrogens is 508 g/mol. The zero-order valence-corrected chi connectivity index (χ0v) is 23.4. The van der Waals surface area contributed by atoms with Crippen LogP contribution in [0.15, 0.2) is 24.8 Å². The molecule has 0 unspecified atom stereocenters. The lowest BCUT2D eigenvalue weighted by Crippen LogP contribution is -2.49. The number of ether oxygens (including phenoxy) is 2. The summed E-state index contributed by atoms with van der Waals surface area (Å²) in [5.74, 6) is 0.860. The summed E-state index contributed by atoms with van der Waals surface area (Å²) < 4.78 is 11.6. The van der Waals surface area contributed by atoms with Crippen molar-refractivity contribution >= 4 is 29.3 Å². The third kappa shape index (κ3) is 6.05. The Morgan fingerprint density at radius 2 is 1.90 bits per heavy atom. The van der Waals surface area contributed by atoms with Gasteiger partial charge in [-0.25, -0.2) is 0 Å². The Morgan fingerprint density at radius 1 is 1.12 bits per heavy atom. The molecule has 2 saturated heterocycles. The van der Waals surface area contributed by atoms with Crippen LogP contribution >= 0.6 is 0 Å². The van der Waals surface area contributed by atoms with Crippen molar-refractivity contribution in [2.45, 2.75) is 26.3 Å². The number of aryl methyl sites for hydroxylation is 1. The molecule has 214 valence electrons. The van der Waals surface area contributed by atoms with E-state index in [2.05, 4.69) is 28.2 Å². The van der Waals surface area contributed by atoms with Crippen molar-refractivity contribution in [1.29, 1.82) is 5.41 Å². The summed E-state index contributed by atoms with van der Waals surface area (Å²) in [6, 6.07) is 4.25. The van der Waals surface area contributed by atoms with Crippen LogP contribution < -0.4 is 20.3 Å². The van der Waals surface area contributed by atoms with Gasteiger partial charge < -0.3 is 35.3 Å². The summed E-state index contributed by atoms with van der Waals surface area (Å²) in [4.78, 5) is 30.7. The number of aromatic nitrogens is 2. The lowest BCUT2D eigenvalue weighted by molar-refractivity contribution is -0.126. The molecule has 0 bridgehead atoms. The number of piperazine rings is 1. The van der Waals surface area contributed by atoms with E-state index in [1.165, 1.54) is 12.3 Å². The van der Waals surface area contributed by atoms with Gasteiger partial charge in [0, 0.05) is 75.4 Å². The highest BCUT2D eigenvalue weighted by Gasteiger charge is 2.29. The minimum atomic E-state index is -0.0381. The lowest BCUT2D eigenvalue weighted by Gasteiger charge is -2.38. The molecule has 0 spiro atoms. The Kier molecular flexibility index (Phi) is 8.81. The van der Waals surface area contributed by atoms with E-state index < -0.39 is 0 Å². The maximum absolute atomic E-state index is 12.1. The second-order valence-corrected chi connectivity index (χ2v) is 10.5. The van der Waals surface area contributed by atoms with Gasteiger partial charge in [-0.1, -0.05) is 12.6 Å². The second-order valence-electron chi connectivity index (χ2n) is 10.5. The molecular formula is C29H40N8O3. The van der Waals surface area contributed by atoms with Gasteiger partial charge in [-0.05, 0) is 37.5 Å². The SMILES string of the molecule is C=CC(=O)N1CCN(c2nc(OCCCN3CCOCC3)nc3c2CCN(c2c(C)ccc(N)c2C=N)C3)CC1. The topological polar surface area (TPSA) is 124 Å². The molecule has 2 aromatic rings.